The number of aromatic amines is 1. The lowest BCUT2D eigenvalue weighted by Crippen LogP contribution is -2.48. The number of ether oxygens (including phenoxy) is 2. The highest BCUT2D eigenvalue weighted by atomic mass is 16.6. The monoisotopic (exact) mass is 376 g/mol. The molecule has 1 aromatic heterocycles. The van der Waals surface area contributed by atoms with Crippen molar-refractivity contribution in [1.82, 2.24) is 20.4 Å². The maximum Gasteiger partial charge on any atom is 0.410 e. The molecule has 8 heteroatoms. The van der Waals surface area contributed by atoms with Crippen molar-refractivity contribution in [3.63, 3.8) is 0 Å². The Morgan fingerprint density at radius 1 is 1.33 bits per heavy atom. The highest BCUT2D eigenvalue weighted by Gasteiger charge is 2.28. The molecule has 1 atom stereocenters. The summed E-state index contributed by atoms with van der Waals surface area (Å²) in [6, 6.07) is -0.267. The van der Waals surface area contributed by atoms with Crippen LogP contribution in [0.15, 0.2) is 18.3 Å². The van der Waals surface area contributed by atoms with Crippen molar-refractivity contribution >= 4 is 12.0 Å². The summed E-state index contributed by atoms with van der Waals surface area (Å²) in [6.07, 6.45) is 6.71. The molecule has 1 aromatic rings. The Morgan fingerprint density at radius 3 is 2.78 bits per heavy atom. The van der Waals surface area contributed by atoms with Crippen LogP contribution < -0.4 is 5.32 Å². The van der Waals surface area contributed by atoms with E-state index in [-0.39, 0.29) is 24.0 Å². The molecule has 1 unspecified atom stereocenters. The van der Waals surface area contributed by atoms with Crippen molar-refractivity contribution in [2.75, 3.05) is 26.3 Å². The Hall–Kier alpha value is -2.35. The minimum absolute atomic E-state index is 0.189. The number of carbonyl (C=O) groups is 2. The van der Waals surface area contributed by atoms with Gasteiger partial charge in [0.1, 0.15) is 5.60 Å². The fourth-order valence-electron chi connectivity index (χ4n) is 3.32. The van der Waals surface area contributed by atoms with E-state index >= 15 is 0 Å². The van der Waals surface area contributed by atoms with Gasteiger partial charge in [0.25, 0.3) is 5.91 Å². The number of hydrogen-bond donors (Lipinski definition) is 2. The van der Waals surface area contributed by atoms with Crippen LogP contribution in [0.25, 0.3) is 0 Å². The zero-order chi connectivity index (χ0) is 19.4. The Labute approximate surface area is 159 Å². The maximum absolute atomic E-state index is 12.8. The van der Waals surface area contributed by atoms with Gasteiger partial charge in [0.15, 0.2) is 0 Å². The Balaban J connectivity index is 1.61. The zero-order valence-corrected chi connectivity index (χ0v) is 16.2. The van der Waals surface area contributed by atoms with Gasteiger partial charge in [-0.3, -0.25) is 9.89 Å². The first-order chi connectivity index (χ1) is 12.8. The lowest BCUT2D eigenvalue weighted by molar-refractivity contribution is 0.0252. The molecule has 0 aromatic carbocycles. The van der Waals surface area contributed by atoms with Crippen LogP contribution in [-0.2, 0) is 9.47 Å². The molecule has 0 aliphatic carbocycles. The van der Waals surface area contributed by atoms with Crippen molar-refractivity contribution in [1.29, 1.82) is 0 Å². The van der Waals surface area contributed by atoms with E-state index in [4.69, 9.17) is 9.47 Å². The minimum atomic E-state index is -0.549. The lowest BCUT2D eigenvalue weighted by atomic mass is 9.93. The summed E-state index contributed by atoms with van der Waals surface area (Å²) in [7, 11) is 0. The SMILES string of the molecule is CC(C)(C)OC(=O)N1CC=CC(NC(=O)c2cn[nH]c2C2CCOCC2)C1. The molecular formula is C19H28N4O4. The van der Waals surface area contributed by atoms with Crippen LogP contribution in [-0.4, -0.2) is 65.0 Å². The molecule has 3 heterocycles. The van der Waals surface area contributed by atoms with Gasteiger partial charge in [0.05, 0.1) is 23.5 Å². The molecular weight excluding hydrogens is 348 g/mol. The van der Waals surface area contributed by atoms with E-state index in [1.807, 2.05) is 32.9 Å². The van der Waals surface area contributed by atoms with E-state index in [9.17, 15) is 9.59 Å². The second-order valence-electron chi connectivity index (χ2n) is 7.98. The van der Waals surface area contributed by atoms with Gasteiger partial charge >= 0.3 is 6.09 Å². The Bertz CT molecular complexity index is 701. The first-order valence-electron chi connectivity index (χ1n) is 9.40. The maximum atomic E-state index is 12.8. The molecule has 2 aliphatic rings. The highest BCUT2D eigenvalue weighted by molar-refractivity contribution is 5.95. The van der Waals surface area contributed by atoms with Crippen LogP contribution in [0.1, 0.15) is 55.6 Å². The van der Waals surface area contributed by atoms with Gasteiger partial charge in [0.2, 0.25) is 0 Å². The van der Waals surface area contributed by atoms with Gasteiger partial charge in [-0.15, -0.1) is 0 Å². The molecule has 3 rings (SSSR count). The molecule has 2 N–H and O–H groups in total. The molecule has 1 saturated heterocycles. The zero-order valence-electron chi connectivity index (χ0n) is 16.2. The fraction of sp³-hybridized carbons (Fsp3) is 0.632. The van der Waals surface area contributed by atoms with Crippen molar-refractivity contribution in [2.24, 2.45) is 0 Å². The third-order valence-electron chi connectivity index (χ3n) is 4.62. The minimum Gasteiger partial charge on any atom is -0.444 e. The van der Waals surface area contributed by atoms with E-state index in [2.05, 4.69) is 15.5 Å². The third kappa shape index (κ3) is 5.09. The summed E-state index contributed by atoms with van der Waals surface area (Å²) in [5.41, 5.74) is 0.871. The van der Waals surface area contributed by atoms with Gasteiger partial charge in [-0.2, -0.15) is 5.10 Å². The summed E-state index contributed by atoms with van der Waals surface area (Å²) in [6.45, 7) is 7.74. The lowest BCUT2D eigenvalue weighted by Gasteiger charge is -2.31. The molecule has 0 radical (unpaired) electrons. The second kappa shape index (κ2) is 8.12. The predicted molar refractivity (Wildman–Crippen MR) is 99.6 cm³/mol. The molecule has 1 fully saturated rings. The summed E-state index contributed by atoms with van der Waals surface area (Å²) >= 11 is 0. The number of nitrogens with one attached hydrogen (secondary N) is 2. The van der Waals surface area contributed by atoms with Crippen molar-refractivity contribution < 1.29 is 19.1 Å². The van der Waals surface area contributed by atoms with E-state index in [0.717, 1.165) is 18.5 Å². The topological polar surface area (TPSA) is 96.5 Å². The molecule has 27 heavy (non-hydrogen) atoms. The molecule has 0 bridgehead atoms. The first kappa shape index (κ1) is 19.4. The fourth-order valence-corrected chi connectivity index (χ4v) is 3.32. The molecule has 2 aliphatic heterocycles. The first-order valence-corrected chi connectivity index (χ1v) is 9.40. The van der Waals surface area contributed by atoms with Crippen molar-refractivity contribution in [2.45, 2.75) is 51.2 Å². The van der Waals surface area contributed by atoms with Gasteiger partial charge in [0, 0.05) is 32.2 Å². The number of amides is 2. The van der Waals surface area contributed by atoms with Crippen LogP contribution >= 0.6 is 0 Å². The third-order valence-corrected chi connectivity index (χ3v) is 4.62. The standard InChI is InChI=1S/C19H28N4O4/c1-19(2,3)27-18(25)23-8-4-5-14(12-23)21-17(24)15-11-20-22-16(15)13-6-9-26-10-7-13/h4-5,11,13-14H,6-10,12H2,1-3H3,(H,20,22)(H,21,24). The molecule has 148 valence electrons. The normalized spacial score (nSPS) is 21.1. The highest BCUT2D eigenvalue weighted by Crippen LogP contribution is 2.27. The second-order valence-corrected chi connectivity index (χ2v) is 7.98. The largest absolute Gasteiger partial charge is 0.444 e. The van der Waals surface area contributed by atoms with Crippen LogP contribution in [0, 0.1) is 0 Å². The molecule has 0 saturated carbocycles. The van der Waals surface area contributed by atoms with Gasteiger partial charge in [-0.1, -0.05) is 12.2 Å². The summed E-state index contributed by atoms with van der Waals surface area (Å²) in [5, 5.41) is 10.0. The number of aromatic nitrogens is 2. The quantitative estimate of drug-likeness (QED) is 0.789. The predicted octanol–water partition coefficient (Wildman–Crippen LogP) is 2.21. The van der Waals surface area contributed by atoms with Crippen LogP contribution in [0.2, 0.25) is 0 Å². The average Bonchev–Trinajstić information content (AvgIpc) is 3.11. The number of rotatable bonds is 3. The van der Waals surface area contributed by atoms with Crippen LogP contribution in [0.5, 0.6) is 0 Å². The van der Waals surface area contributed by atoms with Crippen LogP contribution in [0.4, 0.5) is 4.79 Å². The molecule has 0 spiro atoms. The van der Waals surface area contributed by atoms with E-state index in [1.54, 1.807) is 11.1 Å². The van der Waals surface area contributed by atoms with E-state index in [1.165, 1.54) is 0 Å². The number of H-pyrrole nitrogens is 1. The number of carbonyl (C=O) groups excluding carboxylic acids is 2. The Kier molecular flexibility index (Phi) is 5.84. The van der Waals surface area contributed by atoms with Crippen LogP contribution in [0.3, 0.4) is 0 Å². The van der Waals surface area contributed by atoms with Crippen molar-refractivity contribution in [3.8, 4) is 0 Å². The van der Waals surface area contributed by atoms with Gasteiger partial charge in [-0.05, 0) is 33.6 Å². The van der Waals surface area contributed by atoms with E-state index in [0.29, 0.717) is 31.9 Å². The van der Waals surface area contributed by atoms with Gasteiger partial charge in [-0.25, -0.2) is 4.79 Å². The Morgan fingerprint density at radius 2 is 2.07 bits per heavy atom. The summed E-state index contributed by atoms with van der Waals surface area (Å²) in [4.78, 5) is 26.6. The molecule has 8 nitrogen and oxygen atoms in total. The number of hydrogen-bond acceptors (Lipinski definition) is 5. The summed E-state index contributed by atoms with van der Waals surface area (Å²) in [5.74, 6) is 0.0630. The smallest absolute Gasteiger partial charge is 0.410 e. The van der Waals surface area contributed by atoms with Crippen molar-refractivity contribution in [3.05, 3.63) is 29.6 Å². The molecule has 2 amide bonds. The average molecular weight is 376 g/mol. The van der Waals surface area contributed by atoms with E-state index < -0.39 is 5.60 Å². The summed E-state index contributed by atoms with van der Waals surface area (Å²) < 4.78 is 10.8. The van der Waals surface area contributed by atoms with Gasteiger partial charge < -0.3 is 19.7 Å². The number of nitrogens with zero attached hydrogens (tertiary/aromatic N) is 2.